The summed E-state index contributed by atoms with van der Waals surface area (Å²) in [5.41, 5.74) is 0.121. The Morgan fingerprint density at radius 3 is 2.83 bits per heavy atom. The number of aromatic nitrogens is 1. The summed E-state index contributed by atoms with van der Waals surface area (Å²) in [6.07, 6.45) is 7.09. The van der Waals surface area contributed by atoms with Gasteiger partial charge in [-0.1, -0.05) is 26.7 Å². The number of pyridine rings is 1. The molecule has 1 aromatic heterocycles. The Labute approximate surface area is 146 Å². The Bertz CT molecular complexity index is 612. The van der Waals surface area contributed by atoms with E-state index in [9.17, 15) is 9.59 Å². The molecule has 128 valence electrons. The minimum absolute atomic E-state index is 0.159. The fourth-order valence-corrected chi connectivity index (χ4v) is 3.72. The minimum atomic E-state index is -0.197. The third-order valence-corrected chi connectivity index (χ3v) is 4.71. The van der Waals surface area contributed by atoms with Gasteiger partial charge in [0.25, 0.3) is 5.56 Å². The Hall–Kier alpha value is -1.30. The summed E-state index contributed by atoms with van der Waals surface area (Å²) in [5, 5.41) is 2.82. The number of anilines is 1. The molecule has 5 nitrogen and oxygen atoms in total. The van der Waals surface area contributed by atoms with Gasteiger partial charge in [0.2, 0.25) is 0 Å². The highest BCUT2D eigenvalue weighted by molar-refractivity contribution is 9.10. The molecule has 0 unspecified atom stereocenters. The summed E-state index contributed by atoms with van der Waals surface area (Å²) >= 11 is 3.37. The molecular weight excluding hydrogens is 358 g/mol. The number of halogens is 1. The summed E-state index contributed by atoms with van der Waals surface area (Å²) in [6, 6.07) is 1.76. The molecule has 1 aromatic rings. The lowest BCUT2D eigenvalue weighted by molar-refractivity contribution is 0.178. The van der Waals surface area contributed by atoms with Crippen LogP contribution in [0, 0.1) is 5.92 Å². The molecule has 0 aromatic carbocycles. The molecule has 0 radical (unpaired) electrons. The van der Waals surface area contributed by atoms with Crippen molar-refractivity contribution in [2.24, 2.45) is 13.0 Å². The zero-order valence-electron chi connectivity index (χ0n) is 14.1. The number of carbonyl (C=O) groups is 1. The Morgan fingerprint density at radius 2 is 2.13 bits per heavy atom. The van der Waals surface area contributed by atoms with Crippen LogP contribution in [0.5, 0.6) is 0 Å². The van der Waals surface area contributed by atoms with Gasteiger partial charge in [-0.15, -0.1) is 0 Å². The maximum atomic E-state index is 12.7. The van der Waals surface area contributed by atoms with E-state index in [4.69, 9.17) is 0 Å². The quantitative estimate of drug-likeness (QED) is 0.858. The van der Waals surface area contributed by atoms with E-state index in [-0.39, 0.29) is 17.6 Å². The number of nitrogens with zero attached hydrogens (tertiary/aromatic N) is 2. The lowest BCUT2D eigenvalue weighted by Gasteiger charge is -2.31. The molecule has 1 atom stereocenters. The van der Waals surface area contributed by atoms with Crippen LogP contribution in [0.3, 0.4) is 0 Å². The molecule has 0 saturated carbocycles. The standard InChI is InChI=1S/C17H26BrN3O2/c1-12(2)9-14-7-5-4-6-8-21(14)17(23)19-15-10-13(18)11-20(3)16(15)22/h10-12,14H,4-9H2,1-3H3,(H,19,23)/t14-/m1/s1. The first-order valence-corrected chi connectivity index (χ1v) is 9.11. The highest BCUT2D eigenvalue weighted by Gasteiger charge is 2.26. The molecule has 1 aliphatic heterocycles. The van der Waals surface area contributed by atoms with Crippen molar-refractivity contribution in [3.8, 4) is 0 Å². The van der Waals surface area contributed by atoms with E-state index in [2.05, 4.69) is 35.1 Å². The van der Waals surface area contributed by atoms with E-state index < -0.39 is 0 Å². The molecule has 2 amide bonds. The fourth-order valence-electron chi connectivity index (χ4n) is 3.18. The lowest BCUT2D eigenvalue weighted by Crippen LogP contribution is -2.44. The van der Waals surface area contributed by atoms with Crippen LogP contribution >= 0.6 is 15.9 Å². The van der Waals surface area contributed by atoms with Gasteiger partial charge in [-0.2, -0.15) is 0 Å². The fraction of sp³-hybridized carbons (Fsp3) is 0.647. The summed E-state index contributed by atoms with van der Waals surface area (Å²) in [6.45, 7) is 5.13. The maximum absolute atomic E-state index is 12.7. The zero-order chi connectivity index (χ0) is 17.0. The second-order valence-corrected chi connectivity index (χ2v) is 7.66. The molecule has 2 rings (SSSR count). The first kappa shape index (κ1) is 18.0. The molecule has 1 N–H and O–H groups in total. The van der Waals surface area contributed by atoms with Gasteiger partial charge in [-0.3, -0.25) is 4.79 Å². The van der Waals surface area contributed by atoms with Crippen LogP contribution in [0.25, 0.3) is 0 Å². The first-order chi connectivity index (χ1) is 10.9. The average Bonchev–Trinajstić information content (AvgIpc) is 2.69. The van der Waals surface area contributed by atoms with Crippen molar-refractivity contribution in [2.75, 3.05) is 11.9 Å². The lowest BCUT2D eigenvalue weighted by atomic mass is 9.99. The van der Waals surface area contributed by atoms with Gasteiger partial charge < -0.3 is 14.8 Å². The smallest absolute Gasteiger partial charge is 0.322 e. The van der Waals surface area contributed by atoms with E-state index in [0.717, 1.165) is 36.7 Å². The van der Waals surface area contributed by atoms with E-state index in [1.54, 1.807) is 19.3 Å². The van der Waals surface area contributed by atoms with Crippen LogP contribution in [-0.4, -0.2) is 28.1 Å². The zero-order valence-corrected chi connectivity index (χ0v) is 15.7. The molecular formula is C17H26BrN3O2. The van der Waals surface area contributed by atoms with E-state index in [0.29, 0.717) is 11.6 Å². The van der Waals surface area contributed by atoms with Crippen molar-refractivity contribution in [2.45, 2.75) is 52.0 Å². The number of urea groups is 1. The van der Waals surface area contributed by atoms with Crippen molar-refractivity contribution in [1.82, 2.24) is 9.47 Å². The van der Waals surface area contributed by atoms with Crippen LogP contribution in [0.15, 0.2) is 21.5 Å². The summed E-state index contributed by atoms with van der Waals surface area (Å²) < 4.78 is 2.23. The van der Waals surface area contributed by atoms with Gasteiger partial charge in [0, 0.05) is 30.3 Å². The van der Waals surface area contributed by atoms with Gasteiger partial charge >= 0.3 is 6.03 Å². The molecule has 6 heteroatoms. The highest BCUT2D eigenvalue weighted by Crippen LogP contribution is 2.23. The number of hydrogen-bond acceptors (Lipinski definition) is 2. The van der Waals surface area contributed by atoms with Gasteiger partial charge in [0.15, 0.2) is 0 Å². The Kier molecular flexibility index (Phi) is 6.27. The predicted octanol–water partition coefficient (Wildman–Crippen LogP) is 3.97. The summed E-state index contributed by atoms with van der Waals surface area (Å²) in [7, 11) is 1.68. The normalized spacial score (nSPS) is 18.8. The summed E-state index contributed by atoms with van der Waals surface area (Å²) in [5.74, 6) is 0.548. The van der Waals surface area contributed by atoms with Crippen molar-refractivity contribution >= 4 is 27.6 Å². The Balaban J connectivity index is 2.18. The van der Waals surface area contributed by atoms with E-state index in [1.165, 1.54) is 11.0 Å². The predicted molar refractivity (Wildman–Crippen MR) is 96.8 cm³/mol. The number of hydrogen-bond donors (Lipinski definition) is 1. The summed E-state index contributed by atoms with van der Waals surface area (Å²) in [4.78, 5) is 26.8. The van der Waals surface area contributed by atoms with Crippen LogP contribution in [0.4, 0.5) is 10.5 Å². The molecule has 2 heterocycles. The molecule has 1 saturated heterocycles. The van der Waals surface area contributed by atoms with Gasteiger partial charge in [0.05, 0.1) is 0 Å². The van der Waals surface area contributed by atoms with E-state index in [1.807, 2.05) is 4.90 Å². The largest absolute Gasteiger partial charge is 0.322 e. The third-order valence-electron chi connectivity index (χ3n) is 4.27. The van der Waals surface area contributed by atoms with Crippen LogP contribution in [0.2, 0.25) is 0 Å². The van der Waals surface area contributed by atoms with Gasteiger partial charge in [-0.05, 0) is 47.2 Å². The molecule has 1 aliphatic rings. The second kappa shape index (κ2) is 7.99. The molecule has 23 heavy (non-hydrogen) atoms. The molecule has 0 spiro atoms. The topological polar surface area (TPSA) is 54.3 Å². The van der Waals surface area contributed by atoms with Crippen molar-refractivity contribution in [1.29, 1.82) is 0 Å². The number of amides is 2. The number of carbonyl (C=O) groups excluding carboxylic acids is 1. The van der Waals surface area contributed by atoms with Crippen LogP contribution in [-0.2, 0) is 7.05 Å². The first-order valence-electron chi connectivity index (χ1n) is 8.32. The van der Waals surface area contributed by atoms with E-state index >= 15 is 0 Å². The number of rotatable bonds is 3. The van der Waals surface area contributed by atoms with Crippen molar-refractivity contribution < 1.29 is 4.79 Å². The van der Waals surface area contributed by atoms with Crippen LogP contribution in [0.1, 0.15) is 46.0 Å². The number of likely N-dealkylation sites (tertiary alicyclic amines) is 1. The third kappa shape index (κ3) is 4.83. The molecule has 0 bridgehead atoms. The maximum Gasteiger partial charge on any atom is 0.322 e. The van der Waals surface area contributed by atoms with Gasteiger partial charge in [-0.25, -0.2) is 4.79 Å². The monoisotopic (exact) mass is 383 g/mol. The minimum Gasteiger partial charge on any atom is -0.322 e. The van der Waals surface area contributed by atoms with Crippen molar-refractivity contribution in [3.05, 3.63) is 27.1 Å². The van der Waals surface area contributed by atoms with Crippen molar-refractivity contribution in [3.63, 3.8) is 0 Å². The SMILES string of the molecule is CC(C)C[C@H]1CCCCCN1C(=O)Nc1cc(Br)cn(C)c1=O. The molecule has 0 aliphatic carbocycles. The average molecular weight is 384 g/mol. The second-order valence-electron chi connectivity index (χ2n) is 6.74. The number of nitrogens with one attached hydrogen (secondary N) is 1. The molecule has 1 fully saturated rings. The Morgan fingerprint density at radius 1 is 1.39 bits per heavy atom. The van der Waals surface area contributed by atoms with Crippen LogP contribution < -0.4 is 10.9 Å². The highest BCUT2D eigenvalue weighted by atomic mass is 79.9. The van der Waals surface area contributed by atoms with Gasteiger partial charge in [0.1, 0.15) is 5.69 Å². The number of aryl methyl sites for hydroxylation is 1.